The van der Waals surface area contributed by atoms with Crippen LogP contribution in [0.25, 0.3) is 88.4 Å². The Morgan fingerprint density at radius 1 is 0.246 bits per heavy atom. The molecule has 0 aliphatic carbocycles. The van der Waals surface area contributed by atoms with Crippen LogP contribution in [0.4, 0.5) is 17.1 Å². The van der Waals surface area contributed by atoms with Crippen molar-refractivity contribution in [2.45, 2.75) is 0 Å². The van der Waals surface area contributed by atoms with Crippen LogP contribution < -0.4 is 4.90 Å². The van der Waals surface area contributed by atoms with Gasteiger partial charge in [0.1, 0.15) is 22.3 Å². The maximum absolute atomic E-state index is 6.51. The first-order valence-electron chi connectivity index (χ1n) is 19.3. The standard InChI is InChI=1S/C54H35NO2/c1-4-12-36(13-5-1)39-20-25-44(26-21-39)55(46-33-42(37-14-6-2-7-15-37)32-43(34-46)38-16-8-3-9-17-38)45-27-22-40(23-28-45)41-24-29-48-52(35-41)57-51-31-30-50-53(54(48)51)47-18-10-11-19-49(47)56-50/h1-35H. The quantitative estimate of drug-likeness (QED) is 0.164. The van der Waals surface area contributed by atoms with Crippen LogP contribution in [0.5, 0.6) is 0 Å². The molecule has 0 fully saturated rings. The molecule has 0 aliphatic rings. The first-order valence-corrected chi connectivity index (χ1v) is 19.3. The highest BCUT2D eigenvalue weighted by atomic mass is 16.3. The van der Waals surface area contributed by atoms with E-state index in [0.29, 0.717) is 0 Å². The number of rotatable bonds is 7. The molecule has 268 valence electrons. The second-order valence-electron chi connectivity index (χ2n) is 14.5. The third kappa shape index (κ3) is 5.85. The highest BCUT2D eigenvalue weighted by Crippen LogP contribution is 2.43. The summed E-state index contributed by atoms with van der Waals surface area (Å²) in [5.41, 5.74) is 16.0. The average Bonchev–Trinajstić information content (AvgIpc) is 3.86. The summed E-state index contributed by atoms with van der Waals surface area (Å²) in [6.45, 7) is 0. The smallest absolute Gasteiger partial charge is 0.136 e. The van der Waals surface area contributed by atoms with Crippen LogP contribution in [0.1, 0.15) is 0 Å². The fourth-order valence-corrected chi connectivity index (χ4v) is 8.28. The van der Waals surface area contributed by atoms with E-state index in [9.17, 15) is 0 Å². The molecule has 0 amide bonds. The molecule has 0 saturated heterocycles. The molecule has 0 saturated carbocycles. The predicted molar refractivity (Wildman–Crippen MR) is 237 cm³/mol. The third-order valence-corrected chi connectivity index (χ3v) is 11.1. The van der Waals surface area contributed by atoms with Gasteiger partial charge in [-0.05, 0) is 117 Å². The number of anilines is 3. The highest BCUT2D eigenvalue weighted by Gasteiger charge is 2.19. The summed E-state index contributed by atoms with van der Waals surface area (Å²) in [5, 5.41) is 4.38. The Labute approximate surface area is 330 Å². The van der Waals surface area contributed by atoms with Crippen LogP contribution >= 0.6 is 0 Å². The second kappa shape index (κ2) is 13.6. The average molecular weight is 730 g/mol. The van der Waals surface area contributed by atoms with Gasteiger partial charge in [0.05, 0.1) is 0 Å². The summed E-state index contributed by atoms with van der Waals surface area (Å²) in [6, 6.07) is 75.3. The SMILES string of the molecule is c1ccc(-c2ccc(N(c3ccc(-c4ccc5c(c4)oc4ccc6oc7ccccc7c6c45)cc3)c3cc(-c4ccccc4)cc(-c4ccccc4)c3)cc2)cc1. The van der Waals surface area contributed by atoms with E-state index in [-0.39, 0.29) is 0 Å². The van der Waals surface area contributed by atoms with Gasteiger partial charge in [0, 0.05) is 38.6 Å². The van der Waals surface area contributed by atoms with Gasteiger partial charge in [-0.15, -0.1) is 0 Å². The van der Waals surface area contributed by atoms with Crippen LogP contribution in [0.3, 0.4) is 0 Å². The van der Waals surface area contributed by atoms with Crippen molar-refractivity contribution in [3.63, 3.8) is 0 Å². The lowest BCUT2D eigenvalue weighted by atomic mass is 9.97. The molecule has 11 rings (SSSR count). The Hall–Kier alpha value is -7.62. The minimum Gasteiger partial charge on any atom is -0.456 e. The van der Waals surface area contributed by atoms with E-state index in [2.05, 4.69) is 193 Å². The summed E-state index contributed by atoms with van der Waals surface area (Å²) in [4.78, 5) is 2.36. The van der Waals surface area contributed by atoms with Gasteiger partial charge < -0.3 is 13.7 Å². The summed E-state index contributed by atoms with van der Waals surface area (Å²) < 4.78 is 12.7. The van der Waals surface area contributed by atoms with E-state index in [4.69, 9.17) is 8.83 Å². The molecule has 0 unspecified atom stereocenters. The normalized spacial score (nSPS) is 11.5. The van der Waals surface area contributed by atoms with Crippen molar-refractivity contribution < 1.29 is 8.83 Å². The molecule has 2 heterocycles. The van der Waals surface area contributed by atoms with E-state index >= 15 is 0 Å². The van der Waals surface area contributed by atoms with Crippen molar-refractivity contribution in [2.24, 2.45) is 0 Å². The van der Waals surface area contributed by atoms with Crippen molar-refractivity contribution in [2.75, 3.05) is 4.90 Å². The Morgan fingerprint density at radius 3 is 1.23 bits per heavy atom. The van der Waals surface area contributed by atoms with Crippen LogP contribution in [-0.4, -0.2) is 0 Å². The van der Waals surface area contributed by atoms with Gasteiger partial charge in [-0.25, -0.2) is 0 Å². The van der Waals surface area contributed by atoms with Gasteiger partial charge in [-0.2, -0.15) is 0 Å². The fraction of sp³-hybridized carbons (Fsp3) is 0. The first-order chi connectivity index (χ1) is 28.2. The topological polar surface area (TPSA) is 29.5 Å². The van der Waals surface area contributed by atoms with Crippen LogP contribution in [0.2, 0.25) is 0 Å². The van der Waals surface area contributed by atoms with Crippen molar-refractivity contribution >= 4 is 60.9 Å². The van der Waals surface area contributed by atoms with Gasteiger partial charge in [0.25, 0.3) is 0 Å². The highest BCUT2D eigenvalue weighted by molar-refractivity contribution is 6.25. The Balaban J connectivity index is 1.03. The molecule has 9 aromatic carbocycles. The van der Waals surface area contributed by atoms with Crippen LogP contribution in [0, 0.1) is 0 Å². The molecule has 0 atom stereocenters. The molecule has 11 aromatic rings. The first kappa shape index (κ1) is 32.8. The van der Waals surface area contributed by atoms with Crippen molar-refractivity contribution in [1.82, 2.24) is 0 Å². The molecule has 0 radical (unpaired) electrons. The Morgan fingerprint density at radius 2 is 0.667 bits per heavy atom. The zero-order valence-corrected chi connectivity index (χ0v) is 31.0. The van der Waals surface area contributed by atoms with Crippen molar-refractivity contribution in [3.8, 4) is 44.5 Å². The molecule has 57 heavy (non-hydrogen) atoms. The van der Waals surface area contributed by atoms with E-state index in [1.54, 1.807) is 0 Å². The number of furan rings is 2. The van der Waals surface area contributed by atoms with E-state index in [1.165, 1.54) is 22.3 Å². The molecule has 0 N–H and O–H groups in total. The molecule has 3 heteroatoms. The third-order valence-electron chi connectivity index (χ3n) is 11.1. The molecule has 0 bridgehead atoms. The van der Waals surface area contributed by atoms with Gasteiger partial charge in [-0.1, -0.05) is 140 Å². The monoisotopic (exact) mass is 729 g/mol. The molecule has 3 nitrogen and oxygen atoms in total. The van der Waals surface area contributed by atoms with Gasteiger partial charge in [-0.3, -0.25) is 0 Å². The zero-order valence-electron chi connectivity index (χ0n) is 31.0. The van der Waals surface area contributed by atoms with E-state index < -0.39 is 0 Å². The zero-order chi connectivity index (χ0) is 37.7. The number of nitrogens with zero attached hydrogens (tertiary/aromatic N) is 1. The minimum absolute atomic E-state index is 0.857. The van der Waals surface area contributed by atoms with Crippen LogP contribution in [0.15, 0.2) is 221 Å². The minimum atomic E-state index is 0.857. The summed E-state index contributed by atoms with van der Waals surface area (Å²) in [5.74, 6) is 0. The molecular formula is C54H35NO2. The lowest BCUT2D eigenvalue weighted by Crippen LogP contribution is -2.10. The lowest BCUT2D eigenvalue weighted by Gasteiger charge is -2.27. The van der Waals surface area contributed by atoms with Gasteiger partial charge in [0.2, 0.25) is 0 Å². The Kier molecular flexibility index (Phi) is 7.82. The maximum Gasteiger partial charge on any atom is 0.136 e. The van der Waals surface area contributed by atoms with Crippen LogP contribution in [-0.2, 0) is 0 Å². The number of para-hydroxylation sites is 1. The van der Waals surface area contributed by atoms with Gasteiger partial charge >= 0.3 is 0 Å². The molecule has 2 aromatic heterocycles. The number of hydrogen-bond donors (Lipinski definition) is 0. The fourth-order valence-electron chi connectivity index (χ4n) is 8.28. The van der Waals surface area contributed by atoms with Crippen molar-refractivity contribution in [1.29, 1.82) is 0 Å². The number of benzene rings is 9. The van der Waals surface area contributed by atoms with Gasteiger partial charge in [0.15, 0.2) is 0 Å². The summed E-state index contributed by atoms with van der Waals surface area (Å²) in [6.07, 6.45) is 0. The number of fused-ring (bicyclic) bond motifs is 7. The van der Waals surface area contributed by atoms with Crippen molar-refractivity contribution in [3.05, 3.63) is 212 Å². The largest absolute Gasteiger partial charge is 0.456 e. The van der Waals surface area contributed by atoms with E-state index in [1.807, 2.05) is 24.3 Å². The number of hydrogen-bond acceptors (Lipinski definition) is 3. The Bertz CT molecular complexity index is 3140. The lowest BCUT2D eigenvalue weighted by molar-refractivity contribution is 0.663. The maximum atomic E-state index is 6.51. The molecule has 0 aliphatic heterocycles. The molecule has 0 spiro atoms. The van der Waals surface area contributed by atoms with E-state index in [0.717, 1.165) is 83.2 Å². The summed E-state index contributed by atoms with van der Waals surface area (Å²) in [7, 11) is 0. The predicted octanol–water partition coefficient (Wildman–Crippen LogP) is 15.6. The second-order valence-corrected chi connectivity index (χ2v) is 14.5. The molecular weight excluding hydrogens is 695 g/mol. The summed E-state index contributed by atoms with van der Waals surface area (Å²) >= 11 is 0.